The normalized spacial score (nSPS) is 11.0. The van der Waals surface area contributed by atoms with Crippen LogP contribution in [0.15, 0.2) is 53.4 Å². The van der Waals surface area contributed by atoms with E-state index < -0.39 is 14.9 Å². The first-order valence-electron chi connectivity index (χ1n) is 7.93. The largest absolute Gasteiger partial charge is 0.383 e. The third-order valence-corrected chi connectivity index (χ3v) is 4.95. The van der Waals surface area contributed by atoms with Gasteiger partial charge in [-0.2, -0.15) is 0 Å². The Hall–Kier alpha value is -2.98. The van der Waals surface area contributed by atoms with E-state index in [1.807, 2.05) is 0 Å². The Morgan fingerprint density at radius 1 is 1.11 bits per heavy atom. The minimum absolute atomic E-state index is 0.0882. The molecule has 0 heterocycles. The summed E-state index contributed by atoms with van der Waals surface area (Å²) >= 11 is 0. The van der Waals surface area contributed by atoms with Gasteiger partial charge in [0.25, 0.3) is 15.7 Å². The van der Waals surface area contributed by atoms with Gasteiger partial charge >= 0.3 is 0 Å². The highest BCUT2D eigenvalue weighted by molar-refractivity contribution is 7.92. The molecule has 27 heavy (non-hydrogen) atoms. The van der Waals surface area contributed by atoms with E-state index in [0.29, 0.717) is 18.8 Å². The summed E-state index contributed by atoms with van der Waals surface area (Å²) in [5.41, 5.74) is 0.849. The first kappa shape index (κ1) is 20.3. The number of nitro groups is 1. The van der Waals surface area contributed by atoms with Gasteiger partial charge in [0.2, 0.25) is 5.91 Å². The molecular weight excluding hydrogens is 374 g/mol. The Balaban J connectivity index is 2.00. The third-order valence-electron chi connectivity index (χ3n) is 3.56. The molecule has 144 valence electrons. The minimum Gasteiger partial charge on any atom is -0.383 e. The van der Waals surface area contributed by atoms with Crippen molar-refractivity contribution in [3.05, 3.63) is 64.2 Å². The van der Waals surface area contributed by atoms with Gasteiger partial charge in [0.1, 0.15) is 0 Å². The number of sulfonamides is 1. The van der Waals surface area contributed by atoms with E-state index in [1.54, 1.807) is 31.4 Å². The van der Waals surface area contributed by atoms with Crippen LogP contribution < -0.4 is 10.0 Å². The zero-order chi connectivity index (χ0) is 19.9. The zero-order valence-electron chi connectivity index (χ0n) is 14.5. The highest BCUT2D eigenvalue weighted by Gasteiger charge is 2.16. The summed E-state index contributed by atoms with van der Waals surface area (Å²) in [5.74, 6) is -0.161. The van der Waals surface area contributed by atoms with Crippen molar-refractivity contribution in [1.29, 1.82) is 0 Å². The van der Waals surface area contributed by atoms with E-state index in [0.717, 1.165) is 17.7 Å². The van der Waals surface area contributed by atoms with Crippen LogP contribution in [0.1, 0.15) is 5.56 Å². The Bertz CT molecular complexity index is 895. The minimum atomic E-state index is -3.87. The highest BCUT2D eigenvalue weighted by Crippen LogP contribution is 2.19. The van der Waals surface area contributed by atoms with Crippen molar-refractivity contribution in [3.8, 4) is 0 Å². The molecule has 2 rings (SSSR count). The van der Waals surface area contributed by atoms with Crippen LogP contribution in [0.2, 0.25) is 0 Å². The summed E-state index contributed by atoms with van der Waals surface area (Å²) in [6.07, 6.45) is 0.166. The van der Waals surface area contributed by atoms with Gasteiger partial charge in [-0.05, 0) is 29.8 Å². The fraction of sp³-hybridized carbons (Fsp3) is 0.235. The number of non-ortho nitro benzene ring substituents is 1. The summed E-state index contributed by atoms with van der Waals surface area (Å²) in [6, 6.07) is 11.0. The van der Waals surface area contributed by atoms with Crippen molar-refractivity contribution >= 4 is 27.3 Å². The number of amides is 1. The van der Waals surface area contributed by atoms with E-state index in [4.69, 9.17) is 4.74 Å². The lowest BCUT2D eigenvalue weighted by Crippen LogP contribution is -2.28. The number of nitro benzene ring substituents is 1. The van der Waals surface area contributed by atoms with Gasteiger partial charge < -0.3 is 10.1 Å². The van der Waals surface area contributed by atoms with Gasteiger partial charge in [-0.3, -0.25) is 19.6 Å². The van der Waals surface area contributed by atoms with Crippen molar-refractivity contribution in [2.75, 3.05) is 25.0 Å². The monoisotopic (exact) mass is 393 g/mol. The molecule has 0 radical (unpaired) electrons. The number of anilines is 1. The van der Waals surface area contributed by atoms with Crippen LogP contribution in [0.4, 0.5) is 11.4 Å². The van der Waals surface area contributed by atoms with E-state index in [1.165, 1.54) is 12.1 Å². The lowest BCUT2D eigenvalue weighted by atomic mass is 10.1. The maximum atomic E-state index is 12.3. The molecule has 1 amide bonds. The smallest absolute Gasteiger partial charge is 0.269 e. The molecular formula is C17H19N3O6S. The van der Waals surface area contributed by atoms with Crippen molar-refractivity contribution in [2.24, 2.45) is 0 Å². The van der Waals surface area contributed by atoms with E-state index in [2.05, 4.69) is 10.0 Å². The number of nitrogens with zero attached hydrogens (tertiary/aromatic N) is 1. The molecule has 0 unspecified atom stereocenters. The molecule has 0 atom stereocenters. The molecule has 2 N–H and O–H groups in total. The van der Waals surface area contributed by atoms with E-state index in [-0.39, 0.29) is 22.9 Å². The number of hydrogen-bond acceptors (Lipinski definition) is 6. The Labute approximate surface area is 156 Å². The molecule has 9 nitrogen and oxygen atoms in total. The van der Waals surface area contributed by atoms with Gasteiger partial charge in [0.05, 0.1) is 22.8 Å². The first-order chi connectivity index (χ1) is 12.8. The predicted molar refractivity (Wildman–Crippen MR) is 98.9 cm³/mol. The molecule has 0 bridgehead atoms. The van der Waals surface area contributed by atoms with Gasteiger partial charge in [0, 0.05) is 31.5 Å². The van der Waals surface area contributed by atoms with Crippen LogP contribution in [0.3, 0.4) is 0 Å². The highest BCUT2D eigenvalue weighted by atomic mass is 32.2. The number of methoxy groups -OCH3 is 1. The van der Waals surface area contributed by atoms with Gasteiger partial charge in [-0.15, -0.1) is 0 Å². The van der Waals surface area contributed by atoms with Crippen LogP contribution >= 0.6 is 0 Å². The standard InChI is InChI=1S/C17H19N3O6S/c1-26-11-10-18-17(21)12-13-2-4-14(5-3-13)19-27(24,25)16-8-6-15(7-9-16)20(22)23/h2-9,19H,10-12H2,1H3,(H,18,21). The van der Waals surface area contributed by atoms with E-state index >= 15 is 0 Å². The van der Waals surface area contributed by atoms with Gasteiger partial charge in [-0.25, -0.2) is 8.42 Å². The molecule has 0 fully saturated rings. The summed E-state index contributed by atoms with van der Waals surface area (Å²) in [4.78, 5) is 21.7. The molecule has 10 heteroatoms. The second-order valence-electron chi connectivity index (χ2n) is 5.57. The predicted octanol–water partition coefficient (Wildman–Crippen LogP) is 1.70. The summed E-state index contributed by atoms with van der Waals surface area (Å²) in [5, 5.41) is 13.3. The molecule has 2 aromatic rings. The lowest BCUT2D eigenvalue weighted by molar-refractivity contribution is -0.384. The molecule has 0 saturated heterocycles. The van der Waals surface area contributed by atoms with E-state index in [9.17, 15) is 23.3 Å². The molecule has 0 saturated carbocycles. The lowest BCUT2D eigenvalue weighted by Gasteiger charge is -2.09. The molecule has 0 aromatic heterocycles. The Kier molecular flexibility index (Phi) is 6.85. The number of rotatable bonds is 9. The first-order valence-corrected chi connectivity index (χ1v) is 9.42. The van der Waals surface area contributed by atoms with Crippen LogP contribution in [0.25, 0.3) is 0 Å². The van der Waals surface area contributed by atoms with Crippen molar-refractivity contribution in [1.82, 2.24) is 5.32 Å². The molecule has 0 spiro atoms. The fourth-order valence-corrected chi connectivity index (χ4v) is 3.25. The second kappa shape index (κ2) is 9.10. The average Bonchev–Trinajstić information content (AvgIpc) is 2.63. The summed E-state index contributed by atoms with van der Waals surface area (Å²) in [7, 11) is -2.33. The number of nitrogens with one attached hydrogen (secondary N) is 2. The molecule has 0 aliphatic heterocycles. The topological polar surface area (TPSA) is 128 Å². The maximum Gasteiger partial charge on any atom is 0.269 e. The van der Waals surface area contributed by atoms with Crippen LogP contribution in [0.5, 0.6) is 0 Å². The number of hydrogen-bond donors (Lipinski definition) is 2. The second-order valence-corrected chi connectivity index (χ2v) is 7.26. The zero-order valence-corrected chi connectivity index (χ0v) is 15.4. The number of benzene rings is 2. The molecule has 0 aliphatic rings. The molecule has 2 aromatic carbocycles. The number of ether oxygens (including phenoxy) is 1. The van der Waals surface area contributed by atoms with Crippen molar-refractivity contribution in [3.63, 3.8) is 0 Å². The van der Waals surface area contributed by atoms with Crippen molar-refractivity contribution in [2.45, 2.75) is 11.3 Å². The quantitative estimate of drug-likeness (QED) is 0.379. The summed E-state index contributed by atoms with van der Waals surface area (Å²) < 4.78 is 31.9. The Morgan fingerprint density at radius 2 is 1.74 bits per heavy atom. The fourth-order valence-electron chi connectivity index (χ4n) is 2.19. The molecule has 0 aliphatic carbocycles. The van der Waals surface area contributed by atoms with Crippen LogP contribution in [-0.2, 0) is 26.0 Å². The van der Waals surface area contributed by atoms with Crippen LogP contribution in [-0.4, -0.2) is 39.5 Å². The van der Waals surface area contributed by atoms with Gasteiger partial charge in [0.15, 0.2) is 0 Å². The van der Waals surface area contributed by atoms with Gasteiger partial charge in [-0.1, -0.05) is 12.1 Å². The third kappa shape index (κ3) is 6.04. The number of carbonyl (C=O) groups excluding carboxylic acids is 1. The Morgan fingerprint density at radius 3 is 2.30 bits per heavy atom. The number of carbonyl (C=O) groups is 1. The van der Waals surface area contributed by atoms with Crippen molar-refractivity contribution < 1.29 is 22.9 Å². The maximum absolute atomic E-state index is 12.3. The SMILES string of the molecule is COCCNC(=O)Cc1ccc(NS(=O)(=O)c2ccc([N+](=O)[O-])cc2)cc1. The van der Waals surface area contributed by atoms with Crippen LogP contribution in [0, 0.1) is 10.1 Å². The average molecular weight is 393 g/mol. The summed E-state index contributed by atoms with van der Waals surface area (Å²) in [6.45, 7) is 0.845.